The Morgan fingerprint density at radius 3 is 2.09 bits per heavy atom. The van der Waals surface area contributed by atoms with E-state index in [1.165, 1.54) is 0 Å². The molecule has 0 aromatic heterocycles. The molecule has 1 aromatic carbocycles. The van der Waals surface area contributed by atoms with Gasteiger partial charge < -0.3 is 18.9 Å². The third-order valence-electron chi connectivity index (χ3n) is 3.18. The Balaban J connectivity index is 2.82. The lowest BCUT2D eigenvalue weighted by Crippen LogP contribution is -2.34. The zero-order valence-electron chi connectivity index (χ0n) is 13.8. The van der Waals surface area contributed by atoms with E-state index in [2.05, 4.69) is 0 Å². The number of benzene rings is 1. The van der Waals surface area contributed by atoms with Gasteiger partial charge in [0.1, 0.15) is 0 Å². The molecule has 0 aliphatic rings. The molecule has 0 fully saturated rings. The molecule has 0 aliphatic carbocycles. The Kier molecular flexibility index (Phi) is 8.29. The van der Waals surface area contributed by atoms with E-state index in [1.54, 1.807) is 13.8 Å². The standard InChI is InChI=1S/C16H27O5P/c1-5-20-22(18,21-6-2)16(17)15(13(3)4)19-12-14-10-8-7-9-11-14/h7-11,13,15-17H,5-6,12H2,1-4H3/t15-,16+/m0/s1. The second-order valence-corrected chi connectivity index (χ2v) is 7.42. The van der Waals surface area contributed by atoms with E-state index in [0.29, 0.717) is 6.61 Å². The van der Waals surface area contributed by atoms with Crippen LogP contribution in [-0.4, -0.2) is 30.3 Å². The van der Waals surface area contributed by atoms with Gasteiger partial charge in [-0.2, -0.15) is 0 Å². The maximum atomic E-state index is 12.7. The molecule has 22 heavy (non-hydrogen) atoms. The van der Waals surface area contributed by atoms with Gasteiger partial charge in [0.2, 0.25) is 0 Å². The maximum Gasteiger partial charge on any atom is 0.361 e. The van der Waals surface area contributed by atoms with Gasteiger partial charge in [0.05, 0.1) is 25.9 Å². The highest BCUT2D eigenvalue weighted by molar-refractivity contribution is 7.54. The van der Waals surface area contributed by atoms with E-state index < -0.39 is 19.5 Å². The predicted octanol–water partition coefficient (Wildman–Crippen LogP) is 3.81. The minimum Gasteiger partial charge on any atom is -0.378 e. The van der Waals surface area contributed by atoms with Crippen LogP contribution in [-0.2, 0) is 25.0 Å². The number of hydrogen-bond acceptors (Lipinski definition) is 5. The van der Waals surface area contributed by atoms with Crippen molar-refractivity contribution >= 4 is 7.60 Å². The van der Waals surface area contributed by atoms with Gasteiger partial charge in [-0.15, -0.1) is 0 Å². The monoisotopic (exact) mass is 330 g/mol. The molecule has 0 aliphatic heterocycles. The van der Waals surface area contributed by atoms with E-state index in [-0.39, 0.29) is 19.1 Å². The van der Waals surface area contributed by atoms with E-state index in [1.807, 2.05) is 44.2 Å². The highest BCUT2D eigenvalue weighted by Gasteiger charge is 2.41. The zero-order valence-corrected chi connectivity index (χ0v) is 14.7. The third kappa shape index (κ3) is 5.49. The Morgan fingerprint density at radius 1 is 1.09 bits per heavy atom. The number of hydrogen-bond donors (Lipinski definition) is 1. The van der Waals surface area contributed by atoms with Crippen molar-refractivity contribution in [3.63, 3.8) is 0 Å². The van der Waals surface area contributed by atoms with Gasteiger partial charge >= 0.3 is 7.60 Å². The second-order valence-electron chi connectivity index (χ2n) is 5.29. The molecule has 1 N–H and O–H groups in total. The van der Waals surface area contributed by atoms with Crippen LogP contribution in [0.1, 0.15) is 33.3 Å². The highest BCUT2D eigenvalue weighted by atomic mass is 31.2. The molecule has 0 unspecified atom stereocenters. The molecule has 126 valence electrons. The van der Waals surface area contributed by atoms with Gasteiger partial charge in [-0.25, -0.2) is 0 Å². The van der Waals surface area contributed by atoms with Crippen molar-refractivity contribution < 1.29 is 23.5 Å². The minimum absolute atomic E-state index is 0.0343. The molecule has 0 amide bonds. The molecule has 0 bridgehead atoms. The van der Waals surface area contributed by atoms with Crippen molar-refractivity contribution in [3.8, 4) is 0 Å². The average molecular weight is 330 g/mol. The summed E-state index contributed by atoms with van der Waals surface area (Å²) in [7, 11) is -3.61. The number of ether oxygens (including phenoxy) is 1. The van der Waals surface area contributed by atoms with Crippen LogP contribution in [0.4, 0.5) is 0 Å². The summed E-state index contributed by atoms with van der Waals surface area (Å²) < 4.78 is 28.9. The average Bonchev–Trinajstić information content (AvgIpc) is 2.48. The molecule has 5 nitrogen and oxygen atoms in total. The summed E-state index contributed by atoms with van der Waals surface area (Å²) in [6, 6.07) is 9.65. The lowest BCUT2D eigenvalue weighted by molar-refractivity contribution is -0.0506. The molecule has 0 saturated heterocycles. The smallest absolute Gasteiger partial charge is 0.361 e. The fraction of sp³-hybridized carbons (Fsp3) is 0.625. The van der Waals surface area contributed by atoms with Gasteiger partial charge in [0, 0.05) is 0 Å². The molecule has 0 saturated carbocycles. The van der Waals surface area contributed by atoms with E-state index >= 15 is 0 Å². The first-order valence-corrected chi connectivity index (χ1v) is 9.28. The summed E-state index contributed by atoms with van der Waals surface area (Å²) in [5.41, 5.74) is 0.989. The summed E-state index contributed by atoms with van der Waals surface area (Å²) >= 11 is 0. The zero-order chi connectivity index (χ0) is 16.6. The lowest BCUT2D eigenvalue weighted by Gasteiger charge is -2.31. The van der Waals surface area contributed by atoms with Crippen molar-refractivity contribution in [2.45, 2.75) is 46.3 Å². The second kappa shape index (κ2) is 9.43. The van der Waals surface area contributed by atoms with Gasteiger partial charge in [-0.05, 0) is 25.3 Å². The topological polar surface area (TPSA) is 65.0 Å². The minimum atomic E-state index is -3.61. The molecule has 0 radical (unpaired) electrons. The SMILES string of the molecule is CCOP(=O)(OCC)[C@@H](O)[C@@H](OCc1ccccc1)C(C)C. The number of aliphatic hydroxyl groups excluding tert-OH is 1. The Labute approximate surface area is 133 Å². The van der Waals surface area contributed by atoms with Crippen LogP contribution >= 0.6 is 7.60 Å². The first kappa shape index (κ1) is 19.3. The van der Waals surface area contributed by atoms with Crippen LogP contribution in [0.2, 0.25) is 0 Å². The van der Waals surface area contributed by atoms with E-state index in [0.717, 1.165) is 5.56 Å². The third-order valence-corrected chi connectivity index (χ3v) is 5.36. The summed E-state index contributed by atoms with van der Waals surface area (Å²) in [6.45, 7) is 7.98. The number of aliphatic hydroxyl groups is 1. The largest absolute Gasteiger partial charge is 0.378 e. The number of rotatable bonds is 10. The maximum absolute atomic E-state index is 12.7. The molecule has 1 rings (SSSR count). The Hall–Kier alpha value is -0.710. The molecule has 1 aromatic rings. The molecular formula is C16H27O5P. The molecule has 2 atom stereocenters. The van der Waals surface area contributed by atoms with Crippen molar-refractivity contribution in [3.05, 3.63) is 35.9 Å². The van der Waals surface area contributed by atoms with Crippen molar-refractivity contribution in [1.29, 1.82) is 0 Å². The summed E-state index contributed by atoms with van der Waals surface area (Å²) in [5.74, 6) is -1.34. The van der Waals surface area contributed by atoms with Crippen LogP contribution in [0.25, 0.3) is 0 Å². The molecular weight excluding hydrogens is 303 g/mol. The van der Waals surface area contributed by atoms with E-state index in [9.17, 15) is 9.67 Å². The Bertz CT molecular complexity index is 453. The molecule has 6 heteroatoms. The van der Waals surface area contributed by atoms with Crippen LogP contribution in [0, 0.1) is 5.92 Å². The fourth-order valence-electron chi connectivity index (χ4n) is 2.12. The summed E-state index contributed by atoms with van der Waals surface area (Å²) in [4.78, 5) is 0. The lowest BCUT2D eigenvalue weighted by atomic mass is 10.1. The van der Waals surface area contributed by atoms with Crippen LogP contribution < -0.4 is 0 Å². The first-order valence-electron chi connectivity index (χ1n) is 7.67. The summed E-state index contributed by atoms with van der Waals surface area (Å²) in [5, 5.41) is 10.5. The van der Waals surface area contributed by atoms with Gasteiger partial charge in [-0.1, -0.05) is 44.2 Å². The van der Waals surface area contributed by atoms with Crippen LogP contribution in [0.5, 0.6) is 0 Å². The van der Waals surface area contributed by atoms with Gasteiger partial charge in [-0.3, -0.25) is 4.57 Å². The highest BCUT2D eigenvalue weighted by Crippen LogP contribution is 2.54. The van der Waals surface area contributed by atoms with Gasteiger partial charge in [0.25, 0.3) is 0 Å². The fourth-order valence-corrected chi connectivity index (χ4v) is 4.01. The van der Waals surface area contributed by atoms with Gasteiger partial charge in [0.15, 0.2) is 5.85 Å². The summed E-state index contributed by atoms with van der Waals surface area (Å²) in [6.07, 6.45) is -0.635. The van der Waals surface area contributed by atoms with Crippen molar-refractivity contribution in [2.24, 2.45) is 5.92 Å². The molecule has 0 heterocycles. The van der Waals surface area contributed by atoms with Crippen LogP contribution in [0.15, 0.2) is 30.3 Å². The predicted molar refractivity (Wildman–Crippen MR) is 86.7 cm³/mol. The van der Waals surface area contributed by atoms with Crippen LogP contribution in [0.3, 0.4) is 0 Å². The first-order chi connectivity index (χ1) is 10.4. The van der Waals surface area contributed by atoms with Crippen molar-refractivity contribution in [1.82, 2.24) is 0 Å². The van der Waals surface area contributed by atoms with Crippen molar-refractivity contribution in [2.75, 3.05) is 13.2 Å². The van der Waals surface area contributed by atoms with E-state index in [4.69, 9.17) is 13.8 Å². The normalized spacial score (nSPS) is 15.0. The quantitative estimate of drug-likeness (QED) is 0.661. The molecule has 0 spiro atoms. The Morgan fingerprint density at radius 2 is 1.64 bits per heavy atom.